The Bertz CT molecular complexity index is 656. The minimum atomic E-state index is -0.152. The molecule has 0 unspecified atom stereocenters. The molecule has 5 atom stereocenters. The van der Waals surface area contributed by atoms with E-state index in [1.807, 2.05) is 6.07 Å². The fourth-order valence-electron chi connectivity index (χ4n) is 6.05. The standard InChI is InChI=1S/C20H28O4/c1-20-9-8-13-12(14(20)6-7-16(20)22)5-4-11-10-15(21)18(23-2)19(24-3)17(11)13/h10,12-14,16,21-22H,4-9H2,1-3H3/t12-,13-,14-,16-,20-/m0/s1. The summed E-state index contributed by atoms with van der Waals surface area (Å²) in [5.41, 5.74) is 2.52. The van der Waals surface area contributed by atoms with Crippen molar-refractivity contribution in [3.63, 3.8) is 0 Å². The van der Waals surface area contributed by atoms with Gasteiger partial charge in [-0.05, 0) is 73.3 Å². The SMILES string of the molecule is COc1c(O)cc2c(c1OC)[C@H]1CC[C@]3(C)[C@@H](O)CC[C@H]3[C@H]1CC2. The van der Waals surface area contributed by atoms with Gasteiger partial charge in [-0.1, -0.05) is 6.92 Å². The maximum Gasteiger partial charge on any atom is 0.203 e. The number of rotatable bonds is 2. The molecule has 0 heterocycles. The third-order valence-electron chi connectivity index (χ3n) is 7.25. The minimum Gasteiger partial charge on any atom is -0.504 e. The van der Waals surface area contributed by atoms with Gasteiger partial charge in [0.05, 0.1) is 20.3 Å². The van der Waals surface area contributed by atoms with Crippen molar-refractivity contribution in [3.8, 4) is 17.2 Å². The lowest BCUT2D eigenvalue weighted by atomic mass is 9.55. The molecule has 0 radical (unpaired) electrons. The van der Waals surface area contributed by atoms with E-state index in [1.165, 1.54) is 11.1 Å². The van der Waals surface area contributed by atoms with Crippen LogP contribution in [0.15, 0.2) is 6.07 Å². The molecule has 0 aliphatic heterocycles. The van der Waals surface area contributed by atoms with Crippen LogP contribution < -0.4 is 9.47 Å². The fourth-order valence-corrected chi connectivity index (χ4v) is 6.05. The first-order valence-corrected chi connectivity index (χ1v) is 9.16. The molecule has 2 N–H and O–H groups in total. The monoisotopic (exact) mass is 332 g/mol. The molecule has 0 aromatic heterocycles. The first-order valence-electron chi connectivity index (χ1n) is 9.16. The highest BCUT2D eigenvalue weighted by Crippen LogP contribution is 2.63. The van der Waals surface area contributed by atoms with Crippen molar-refractivity contribution in [2.24, 2.45) is 17.3 Å². The minimum absolute atomic E-state index is 0.0763. The largest absolute Gasteiger partial charge is 0.504 e. The van der Waals surface area contributed by atoms with Gasteiger partial charge in [0.15, 0.2) is 11.5 Å². The van der Waals surface area contributed by atoms with Crippen LogP contribution in [-0.4, -0.2) is 30.5 Å². The molecule has 2 saturated carbocycles. The second-order valence-corrected chi connectivity index (χ2v) is 8.09. The van der Waals surface area contributed by atoms with Crippen molar-refractivity contribution in [1.29, 1.82) is 0 Å². The van der Waals surface area contributed by atoms with E-state index in [1.54, 1.807) is 14.2 Å². The van der Waals surface area contributed by atoms with Gasteiger partial charge in [-0.25, -0.2) is 0 Å². The van der Waals surface area contributed by atoms with E-state index < -0.39 is 0 Å². The molecule has 4 heteroatoms. The maximum absolute atomic E-state index is 10.5. The van der Waals surface area contributed by atoms with Crippen LogP contribution in [0.4, 0.5) is 0 Å². The van der Waals surface area contributed by atoms with E-state index in [0.717, 1.165) is 38.5 Å². The van der Waals surface area contributed by atoms with Crippen LogP contribution >= 0.6 is 0 Å². The van der Waals surface area contributed by atoms with Crippen molar-refractivity contribution < 1.29 is 19.7 Å². The molecule has 1 aromatic carbocycles. The van der Waals surface area contributed by atoms with Gasteiger partial charge < -0.3 is 19.7 Å². The Hall–Kier alpha value is -1.42. The number of aromatic hydroxyl groups is 1. The molecule has 4 nitrogen and oxygen atoms in total. The number of benzene rings is 1. The summed E-state index contributed by atoms with van der Waals surface area (Å²) in [5.74, 6) is 2.96. The molecule has 0 bridgehead atoms. The molecule has 0 spiro atoms. The zero-order valence-electron chi connectivity index (χ0n) is 14.8. The number of hydrogen-bond donors (Lipinski definition) is 2. The number of hydrogen-bond acceptors (Lipinski definition) is 4. The zero-order valence-corrected chi connectivity index (χ0v) is 14.8. The Kier molecular flexibility index (Phi) is 3.72. The predicted octanol–water partition coefficient (Wildman–Crippen LogP) is 3.63. The number of fused-ring (bicyclic) bond motifs is 5. The molecular weight excluding hydrogens is 304 g/mol. The van der Waals surface area contributed by atoms with Crippen molar-refractivity contribution in [3.05, 3.63) is 17.2 Å². The molecule has 1 aromatic rings. The van der Waals surface area contributed by atoms with E-state index in [4.69, 9.17) is 9.47 Å². The highest BCUT2D eigenvalue weighted by molar-refractivity contribution is 5.60. The van der Waals surface area contributed by atoms with Crippen molar-refractivity contribution in [2.45, 2.75) is 57.5 Å². The summed E-state index contributed by atoms with van der Waals surface area (Å²) in [6.07, 6.45) is 6.16. The first-order chi connectivity index (χ1) is 11.5. The number of ether oxygens (including phenoxy) is 2. The van der Waals surface area contributed by atoms with Crippen LogP contribution in [0.1, 0.15) is 56.1 Å². The predicted molar refractivity (Wildman–Crippen MR) is 91.8 cm³/mol. The van der Waals surface area contributed by atoms with Gasteiger partial charge in [0.25, 0.3) is 0 Å². The van der Waals surface area contributed by atoms with Gasteiger partial charge in [-0.2, -0.15) is 0 Å². The van der Waals surface area contributed by atoms with Gasteiger partial charge in [0.1, 0.15) is 0 Å². The smallest absolute Gasteiger partial charge is 0.203 e. The van der Waals surface area contributed by atoms with E-state index in [0.29, 0.717) is 29.3 Å². The topological polar surface area (TPSA) is 58.9 Å². The summed E-state index contributed by atoms with van der Waals surface area (Å²) in [4.78, 5) is 0. The quantitative estimate of drug-likeness (QED) is 0.868. The summed E-state index contributed by atoms with van der Waals surface area (Å²) in [5, 5.41) is 20.8. The zero-order chi connectivity index (χ0) is 17.1. The van der Waals surface area contributed by atoms with Crippen LogP contribution in [-0.2, 0) is 6.42 Å². The third-order valence-corrected chi connectivity index (χ3v) is 7.25. The third kappa shape index (κ3) is 2.01. The molecule has 0 amide bonds. The summed E-state index contributed by atoms with van der Waals surface area (Å²) in [6.45, 7) is 2.29. The van der Waals surface area contributed by atoms with Crippen molar-refractivity contribution in [2.75, 3.05) is 14.2 Å². The van der Waals surface area contributed by atoms with E-state index in [-0.39, 0.29) is 17.3 Å². The number of aliphatic hydroxyl groups is 1. The average Bonchev–Trinajstić information content (AvgIpc) is 2.88. The Balaban J connectivity index is 1.80. The molecule has 24 heavy (non-hydrogen) atoms. The highest BCUT2D eigenvalue weighted by Gasteiger charge is 2.55. The number of phenolic OH excluding ortho intramolecular Hbond substituents is 1. The molecule has 3 aliphatic rings. The highest BCUT2D eigenvalue weighted by atomic mass is 16.5. The second-order valence-electron chi connectivity index (χ2n) is 8.09. The van der Waals surface area contributed by atoms with Crippen LogP contribution in [0.25, 0.3) is 0 Å². The normalized spacial score (nSPS) is 37.3. The average molecular weight is 332 g/mol. The van der Waals surface area contributed by atoms with Gasteiger partial charge in [-0.3, -0.25) is 0 Å². The summed E-state index contributed by atoms with van der Waals surface area (Å²) < 4.78 is 11.1. The first kappa shape index (κ1) is 16.1. The van der Waals surface area contributed by atoms with Crippen LogP contribution in [0, 0.1) is 17.3 Å². The van der Waals surface area contributed by atoms with Crippen molar-refractivity contribution >= 4 is 0 Å². The molecule has 3 aliphatic carbocycles. The molecular formula is C20H28O4. The van der Waals surface area contributed by atoms with Crippen LogP contribution in [0.3, 0.4) is 0 Å². The van der Waals surface area contributed by atoms with Crippen LogP contribution in [0.5, 0.6) is 17.2 Å². The van der Waals surface area contributed by atoms with Gasteiger partial charge in [0, 0.05) is 5.56 Å². The number of methoxy groups -OCH3 is 2. The van der Waals surface area contributed by atoms with Gasteiger partial charge >= 0.3 is 0 Å². The lowest BCUT2D eigenvalue weighted by Crippen LogP contribution is -2.44. The fraction of sp³-hybridized carbons (Fsp3) is 0.700. The van der Waals surface area contributed by atoms with E-state index in [9.17, 15) is 10.2 Å². The summed E-state index contributed by atoms with van der Waals surface area (Å²) >= 11 is 0. The molecule has 0 saturated heterocycles. The van der Waals surface area contributed by atoms with Crippen molar-refractivity contribution in [1.82, 2.24) is 0 Å². The molecule has 132 valence electrons. The second kappa shape index (κ2) is 5.55. The van der Waals surface area contributed by atoms with Gasteiger partial charge in [0.2, 0.25) is 5.75 Å². The Morgan fingerprint density at radius 2 is 1.83 bits per heavy atom. The van der Waals surface area contributed by atoms with E-state index >= 15 is 0 Å². The maximum atomic E-state index is 10.5. The summed E-state index contributed by atoms with van der Waals surface area (Å²) in [6, 6.07) is 1.87. The Morgan fingerprint density at radius 1 is 1.08 bits per heavy atom. The lowest BCUT2D eigenvalue weighted by Gasteiger charge is -2.50. The number of phenols is 1. The Morgan fingerprint density at radius 3 is 2.54 bits per heavy atom. The lowest BCUT2D eigenvalue weighted by molar-refractivity contribution is -0.0229. The Labute approximate surface area is 143 Å². The van der Waals surface area contributed by atoms with E-state index in [2.05, 4.69) is 6.92 Å². The molecule has 2 fully saturated rings. The summed E-state index contributed by atoms with van der Waals surface area (Å²) in [7, 11) is 3.24. The number of aryl methyl sites for hydroxylation is 1. The number of aliphatic hydroxyl groups excluding tert-OH is 1. The molecule has 4 rings (SSSR count). The van der Waals surface area contributed by atoms with Gasteiger partial charge in [-0.15, -0.1) is 0 Å². The van der Waals surface area contributed by atoms with Crippen LogP contribution in [0.2, 0.25) is 0 Å².